The number of aryl methyl sites for hydroxylation is 1. The van der Waals surface area contributed by atoms with Crippen LogP contribution in [0.4, 0.5) is 0 Å². The van der Waals surface area contributed by atoms with Gasteiger partial charge in [-0.25, -0.2) is 9.48 Å². The molecule has 0 spiro atoms. The van der Waals surface area contributed by atoms with E-state index in [0.717, 1.165) is 31.5 Å². The number of Topliss-reactive ketones (excluding diaryl/α,β-unsaturated/α-hetero) is 1. The molecule has 0 amide bonds. The van der Waals surface area contributed by atoms with Crippen LogP contribution in [-0.4, -0.2) is 33.8 Å². The SMILES string of the molecule is COCC(=O)Cn1nc2n(c1=O)CCCCC2. The Balaban J connectivity index is 2.19. The lowest BCUT2D eigenvalue weighted by Gasteiger charge is -1.99. The van der Waals surface area contributed by atoms with Crippen molar-refractivity contribution in [2.24, 2.45) is 0 Å². The third kappa shape index (κ3) is 2.63. The fourth-order valence-electron chi connectivity index (χ4n) is 2.10. The van der Waals surface area contributed by atoms with Crippen LogP contribution in [0.2, 0.25) is 0 Å². The zero-order chi connectivity index (χ0) is 12.3. The Bertz CT molecular complexity index is 461. The van der Waals surface area contributed by atoms with E-state index in [0.29, 0.717) is 6.54 Å². The summed E-state index contributed by atoms with van der Waals surface area (Å²) in [6.07, 6.45) is 4.01. The van der Waals surface area contributed by atoms with Gasteiger partial charge in [-0.1, -0.05) is 6.42 Å². The topological polar surface area (TPSA) is 66.1 Å². The Morgan fingerprint density at radius 3 is 3.00 bits per heavy atom. The minimum absolute atomic E-state index is 0.00662. The monoisotopic (exact) mass is 239 g/mol. The Hall–Kier alpha value is -1.43. The van der Waals surface area contributed by atoms with Crippen molar-refractivity contribution in [2.75, 3.05) is 13.7 Å². The average molecular weight is 239 g/mol. The van der Waals surface area contributed by atoms with E-state index in [1.54, 1.807) is 4.57 Å². The first-order chi connectivity index (χ1) is 8.22. The molecule has 1 aliphatic rings. The third-order valence-corrected chi connectivity index (χ3v) is 2.91. The van der Waals surface area contributed by atoms with Crippen molar-refractivity contribution in [2.45, 2.75) is 38.8 Å². The summed E-state index contributed by atoms with van der Waals surface area (Å²) < 4.78 is 7.68. The second-order valence-electron chi connectivity index (χ2n) is 4.29. The molecule has 1 aromatic heterocycles. The van der Waals surface area contributed by atoms with Crippen LogP contribution in [0.5, 0.6) is 0 Å². The molecule has 2 rings (SSSR count). The summed E-state index contributed by atoms with van der Waals surface area (Å²) in [5.74, 6) is 0.667. The summed E-state index contributed by atoms with van der Waals surface area (Å²) in [5, 5.41) is 4.22. The zero-order valence-corrected chi connectivity index (χ0v) is 10.0. The van der Waals surface area contributed by atoms with Crippen LogP contribution in [0.25, 0.3) is 0 Å². The Morgan fingerprint density at radius 1 is 1.41 bits per heavy atom. The van der Waals surface area contributed by atoms with E-state index in [1.165, 1.54) is 11.8 Å². The van der Waals surface area contributed by atoms with E-state index in [4.69, 9.17) is 4.74 Å². The summed E-state index contributed by atoms with van der Waals surface area (Å²) in [7, 11) is 1.46. The largest absolute Gasteiger partial charge is 0.377 e. The first-order valence-electron chi connectivity index (χ1n) is 5.89. The van der Waals surface area contributed by atoms with Gasteiger partial charge in [-0.3, -0.25) is 9.36 Å². The van der Waals surface area contributed by atoms with Gasteiger partial charge in [0, 0.05) is 20.1 Å². The number of ketones is 1. The summed E-state index contributed by atoms with van der Waals surface area (Å²) in [6.45, 7) is 0.744. The minimum atomic E-state index is -0.175. The summed E-state index contributed by atoms with van der Waals surface area (Å²) in [4.78, 5) is 23.4. The predicted octanol–water partition coefficient (Wildman–Crippen LogP) is -0.0133. The second-order valence-corrected chi connectivity index (χ2v) is 4.29. The van der Waals surface area contributed by atoms with Gasteiger partial charge in [0.05, 0.1) is 0 Å². The molecule has 0 aromatic carbocycles. The number of aromatic nitrogens is 3. The van der Waals surface area contributed by atoms with E-state index in [2.05, 4.69) is 5.10 Å². The zero-order valence-electron chi connectivity index (χ0n) is 10.0. The molecule has 2 heterocycles. The molecule has 0 unspecified atom stereocenters. The predicted molar refractivity (Wildman–Crippen MR) is 60.9 cm³/mol. The van der Waals surface area contributed by atoms with E-state index in [-0.39, 0.29) is 24.6 Å². The van der Waals surface area contributed by atoms with Gasteiger partial charge < -0.3 is 4.74 Å². The van der Waals surface area contributed by atoms with Crippen LogP contribution in [0.1, 0.15) is 25.1 Å². The van der Waals surface area contributed by atoms with Crippen LogP contribution < -0.4 is 5.69 Å². The summed E-state index contributed by atoms with van der Waals surface area (Å²) in [5.41, 5.74) is -0.175. The van der Waals surface area contributed by atoms with Gasteiger partial charge in [-0.15, -0.1) is 0 Å². The maximum absolute atomic E-state index is 12.0. The van der Waals surface area contributed by atoms with Gasteiger partial charge in [-0.2, -0.15) is 5.10 Å². The fourth-order valence-corrected chi connectivity index (χ4v) is 2.10. The van der Waals surface area contributed by atoms with E-state index < -0.39 is 0 Å². The van der Waals surface area contributed by atoms with Crippen molar-refractivity contribution >= 4 is 5.78 Å². The highest BCUT2D eigenvalue weighted by Gasteiger charge is 2.16. The van der Waals surface area contributed by atoms with Crippen molar-refractivity contribution in [1.29, 1.82) is 0 Å². The van der Waals surface area contributed by atoms with Gasteiger partial charge in [0.1, 0.15) is 19.0 Å². The number of carbonyl (C=O) groups is 1. The number of nitrogens with zero attached hydrogens (tertiary/aromatic N) is 3. The Morgan fingerprint density at radius 2 is 2.24 bits per heavy atom. The standard InChI is InChI=1S/C11H17N3O3/c1-17-8-9(15)7-14-11(16)13-6-4-2-3-5-10(13)12-14/h2-8H2,1H3. The summed E-state index contributed by atoms with van der Waals surface area (Å²) >= 11 is 0. The molecular formula is C11H17N3O3. The molecule has 0 N–H and O–H groups in total. The molecule has 0 fully saturated rings. The molecule has 0 saturated heterocycles. The lowest BCUT2D eigenvalue weighted by atomic mass is 10.2. The van der Waals surface area contributed by atoms with Gasteiger partial charge in [0.25, 0.3) is 0 Å². The van der Waals surface area contributed by atoms with Crippen LogP contribution in [0.15, 0.2) is 4.79 Å². The molecule has 17 heavy (non-hydrogen) atoms. The first-order valence-corrected chi connectivity index (χ1v) is 5.89. The highest BCUT2D eigenvalue weighted by molar-refractivity contribution is 5.79. The lowest BCUT2D eigenvalue weighted by Crippen LogP contribution is -2.29. The fraction of sp³-hybridized carbons (Fsp3) is 0.727. The molecule has 0 bridgehead atoms. The van der Waals surface area contributed by atoms with Crippen LogP contribution >= 0.6 is 0 Å². The molecule has 0 saturated carbocycles. The second kappa shape index (κ2) is 5.27. The van der Waals surface area contributed by atoms with E-state index in [9.17, 15) is 9.59 Å². The van der Waals surface area contributed by atoms with Crippen LogP contribution in [-0.2, 0) is 29.0 Å². The molecule has 0 radical (unpaired) electrons. The van der Waals surface area contributed by atoms with Crippen molar-refractivity contribution in [3.05, 3.63) is 16.3 Å². The maximum atomic E-state index is 12.0. The lowest BCUT2D eigenvalue weighted by molar-refractivity contribution is -0.123. The number of methoxy groups -OCH3 is 1. The molecule has 0 atom stereocenters. The van der Waals surface area contributed by atoms with Crippen LogP contribution in [0.3, 0.4) is 0 Å². The Labute approximate surface area is 99.2 Å². The molecule has 0 aliphatic carbocycles. The molecule has 6 heteroatoms. The highest BCUT2D eigenvalue weighted by atomic mass is 16.5. The number of hydrogen-bond acceptors (Lipinski definition) is 4. The summed E-state index contributed by atoms with van der Waals surface area (Å²) in [6, 6.07) is 0. The molecule has 1 aliphatic heterocycles. The average Bonchev–Trinajstić information content (AvgIpc) is 2.51. The maximum Gasteiger partial charge on any atom is 0.346 e. The van der Waals surface area contributed by atoms with Gasteiger partial charge >= 0.3 is 5.69 Å². The number of hydrogen-bond donors (Lipinski definition) is 0. The molecule has 1 aromatic rings. The van der Waals surface area contributed by atoms with Crippen LogP contribution in [0, 0.1) is 0 Å². The smallest absolute Gasteiger partial charge is 0.346 e. The van der Waals surface area contributed by atoms with Crippen molar-refractivity contribution in [3.8, 4) is 0 Å². The number of ether oxygens (including phenoxy) is 1. The molecular weight excluding hydrogens is 222 g/mol. The number of rotatable bonds is 4. The number of carbonyl (C=O) groups excluding carboxylic acids is 1. The highest BCUT2D eigenvalue weighted by Crippen LogP contribution is 2.10. The molecule has 94 valence electrons. The minimum Gasteiger partial charge on any atom is -0.377 e. The Kier molecular flexibility index (Phi) is 3.73. The van der Waals surface area contributed by atoms with Crippen molar-refractivity contribution in [3.63, 3.8) is 0 Å². The first kappa shape index (κ1) is 12.0. The van der Waals surface area contributed by atoms with E-state index >= 15 is 0 Å². The van der Waals surface area contributed by atoms with E-state index in [1.807, 2.05) is 0 Å². The quantitative estimate of drug-likeness (QED) is 0.741. The van der Waals surface area contributed by atoms with Gasteiger partial charge in [-0.05, 0) is 12.8 Å². The van der Waals surface area contributed by atoms with Crippen molar-refractivity contribution in [1.82, 2.24) is 14.3 Å². The third-order valence-electron chi connectivity index (χ3n) is 2.91. The normalized spacial score (nSPS) is 15.4. The van der Waals surface area contributed by atoms with Gasteiger partial charge in [0.2, 0.25) is 0 Å². The molecule has 6 nitrogen and oxygen atoms in total. The van der Waals surface area contributed by atoms with Crippen molar-refractivity contribution < 1.29 is 9.53 Å². The van der Waals surface area contributed by atoms with Gasteiger partial charge in [0.15, 0.2) is 5.78 Å². The number of fused-ring (bicyclic) bond motifs is 1.